The maximum absolute atomic E-state index is 12.5. The highest BCUT2D eigenvalue weighted by Gasteiger charge is 2.18. The van der Waals surface area contributed by atoms with E-state index in [1.54, 1.807) is 6.08 Å². The Bertz CT molecular complexity index is 1160. The largest absolute Gasteiger partial charge is 0.394 e. The SMILES string of the molecule is CCCCCCC/C=C\C/C=C\C/C=C\CCCCCCCCCCCCCCCCCCC(=O)NC(CO)C(O)/C=C/CCCCCCCCCCCCCCCCCCCCCCCCCCCCCC. The maximum atomic E-state index is 12.5. The first-order valence-corrected chi connectivity index (χ1v) is 33.4. The van der Waals surface area contributed by atoms with Gasteiger partial charge < -0.3 is 15.5 Å². The summed E-state index contributed by atoms with van der Waals surface area (Å²) >= 11 is 0. The molecule has 4 heteroatoms. The minimum absolute atomic E-state index is 0.0587. The fourth-order valence-electron chi connectivity index (χ4n) is 10.5. The molecule has 0 aromatic carbocycles. The van der Waals surface area contributed by atoms with E-state index in [0.717, 1.165) is 38.5 Å². The maximum Gasteiger partial charge on any atom is 0.220 e. The molecule has 0 aromatic rings. The van der Waals surface area contributed by atoms with Gasteiger partial charge in [0.1, 0.15) is 0 Å². The van der Waals surface area contributed by atoms with Gasteiger partial charge in [-0.3, -0.25) is 4.79 Å². The Morgan fingerprint density at radius 3 is 0.836 bits per heavy atom. The van der Waals surface area contributed by atoms with Crippen molar-refractivity contribution in [3.63, 3.8) is 0 Å². The number of unbranched alkanes of at least 4 members (excludes halogenated alkanes) is 49. The lowest BCUT2D eigenvalue weighted by atomic mass is 10.0. The Labute approximate surface area is 458 Å². The number of hydrogen-bond acceptors (Lipinski definition) is 3. The Balaban J connectivity index is 3.45. The van der Waals surface area contributed by atoms with Crippen LogP contribution < -0.4 is 5.32 Å². The lowest BCUT2D eigenvalue weighted by Crippen LogP contribution is -2.45. The van der Waals surface area contributed by atoms with Crippen molar-refractivity contribution in [2.45, 2.75) is 379 Å². The molecule has 0 fully saturated rings. The Hall–Kier alpha value is -1.65. The molecule has 0 aliphatic rings. The minimum Gasteiger partial charge on any atom is -0.394 e. The van der Waals surface area contributed by atoms with Gasteiger partial charge in [0.05, 0.1) is 18.8 Å². The van der Waals surface area contributed by atoms with Crippen LogP contribution in [-0.2, 0) is 4.79 Å². The first-order chi connectivity index (χ1) is 36.2. The van der Waals surface area contributed by atoms with Crippen LogP contribution in [-0.4, -0.2) is 34.9 Å². The van der Waals surface area contributed by atoms with E-state index >= 15 is 0 Å². The zero-order valence-corrected chi connectivity index (χ0v) is 49.7. The van der Waals surface area contributed by atoms with Gasteiger partial charge in [-0.2, -0.15) is 0 Å². The van der Waals surface area contributed by atoms with Crippen molar-refractivity contribution in [1.29, 1.82) is 0 Å². The van der Waals surface area contributed by atoms with Gasteiger partial charge >= 0.3 is 0 Å². The number of nitrogens with one attached hydrogen (secondary N) is 1. The zero-order valence-electron chi connectivity index (χ0n) is 49.7. The first-order valence-electron chi connectivity index (χ1n) is 33.4. The minimum atomic E-state index is -0.841. The Morgan fingerprint density at radius 2 is 0.562 bits per heavy atom. The van der Waals surface area contributed by atoms with Crippen LogP contribution in [0.25, 0.3) is 0 Å². The molecule has 4 nitrogen and oxygen atoms in total. The second-order valence-corrected chi connectivity index (χ2v) is 22.9. The number of carbonyl (C=O) groups is 1. The molecule has 0 spiro atoms. The van der Waals surface area contributed by atoms with Crippen LogP contribution in [0.1, 0.15) is 367 Å². The number of hydrogen-bond donors (Lipinski definition) is 3. The van der Waals surface area contributed by atoms with Crippen LogP contribution in [0.3, 0.4) is 0 Å². The van der Waals surface area contributed by atoms with Gasteiger partial charge in [-0.1, -0.05) is 351 Å². The predicted molar refractivity (Wildman–Crippen MR) is 327 cm³/mol. The average Bonchev–Trinajstić information content (AvgIpc) is 3.40. The third kappa shape index (κ3) is 61.1. The molecular formula is C69H131NO3. The van der Waals surface area contributed by atoms with Gasteiger partial charge in [-0.25, -0.2) is 0 Å². The molecule has 0 heterocycles. The van der Waals surface area contributed by atoms with E-state index < -0.39 is 12.1 Å². The molecule has 0 bridgehead atoms. The van der Waals surface area contributed by atoms with E-state index in [4.69, 9.17) is 0 Å². The van der Waals surface area contributed by atoms with Crippen LogP contribution in [0.5, 0.6) is 0 Å². The van der Waals surface area contributed by atoms with Gasteiger partial charge in [0, 0.05) is 6.42 Å². The summed E-state index contributed by atoms with van der Waals surface area (Å²) in [5.74, 6) is -0.0587. The summed E-state index contributed by atoms with van der Waals surface area (Å²) in [6, 6.07) is -0.624. The molecule has 0 radical (unpaired) electrons. The quantitative estimate of drug-likeness (QED) is 0.0420. The standard InChI is InChI=1S/C69H131NO3/c1-3-5-7-9-11-13-15-17-19-21-23-25-27-29-31-33-35-37-39-41-43-45-47-49-51-53-55-57-59-61-63-65-69(73)70-67(66-71)68(72)64-62-60-58-56-54-52-50-48-46-44-42-40-38-36-34-32-30-28-26-24-22-20-18-16-14-12-10-8-6-4-2/h15,17,21,23,27,29,62,64,67-68,71-72H,3-14,16,18-20,22,24-26,28,30-61,63,65-66H2,1-2H3,(H,70,73)/b17-15-,23-21-,29-27-,64-62+. The van der Waals surface area contributed by atoms with Gasteiger partial charge in [-0.05, 0) is 57.8 Å². The average molecular weight is 1020 g/mol. The van der Waals surface area contributed by atoms with Crippen molar-refractivity contribution in [2.24, 2.45) is 0 Å². The molecule has 0 saturated carbocycles. The number of allylic oxidation sites excluding steroid dienone is 7. The van der Waals surface area contributed by atoms with E-state index in [1.807, 2.05) is 6.08 Å². The van der Waals surface area contributed by atoms with E-state index in [1.165, 1.54) is 308 Å². The predicted octanol–water partition coefficient (Wildman–Crippen LogP) is 22.5. The number of aliphatic hydroxyl groups is 2. The zero-order chi connectivity index (χ0) is 52.7. The van der Waals surface area contributed by atoms with Gasteiger partial charge in [0.2, 0.25) is 5.91 Å². The number of carbonyl (C=O) groups excluding carboxylic acids is 1. The highest BCUT2D eigenvalue weighted by molar-refractivity contribution is 5.76. The Kier molecular flexibility index (Phi) is 63.2. The van der Waals surface area contributed by atoms with Crippen molar-refractivity contribution >= 4 is 5.91 Å². The molecule has 0 aromatic heterocycles. The molecule has 3 N–H and O–H groups in total. The van der Waals surface area contributed by atoms with Gasteiger partial charge in [-0.15, -0.1) is 0 Å². The van der Waals surface area contributed by atoms with Crippen molar-refractivity contribution in [3.8, 4) is 0 Å². The molecule has 0 aliphatic heterocycles. The lowest BCUT2D eigenvalue weighted by Gasteiger charge is -2.20. The van der Waals surface area contributed by atoms with E-state index in [9.17, 15) is 15.0 Å². The second-order valence-electron chi connectivity index (χ2n) is 22.9. The third-order valence-electron chi connectivity index (χ3n) is 15.6. The molecule has 430 valence electrons. The van der Waals surface area contributed by atoms with Gasteiger partial charge in [0.15, 0.2) is 0 Å². The highest BCUT2D eigenvalue weighted by atomic mass is 16.3. The van der Waals surface area contributed by atoms with E-state index in [0.29, 0.717) is 6.42 Å². The molecule has 73 heavy (non-hydrogen) atoms. The number of rotatable bonds is 62. The molecule has 0 saturated heterocycles. The van der Waals surface area contributed by atoms with E-state index in [2.05, 4.69) is 55.6 Å². The normalized spacial score (nSPS) is 13.0. The molecular weight excluding hydrogens is 891 g/mol. The second kappa shape index (κ2) is 64.6. The summed E-state index contributed by atoms with van der Waals surface area (Å²) in [5, 5.41) is 23.3. The Morgan fingerprint density at radius 1 is 0.329 bits per heavy atom. The van der Waals surface area contributed by atoms with Crippen LogP contribution >= 0.6 is 0 Å². The van der Waals surface area contributed by atoms with Crippen LogP contribution in [0.15, 0.2) is 48.6 Å². The molecule has 2 atom stereocenters. The molecule has 0 rings (SSSR count). The topological polar surface area (TPSA) is 69.6 Å². The van der Waals surface area contributed by atoms with Crippen LogP contribution in [0, 0.1) is 0 Å². The summed E-state index contributed by atoms with van der Waals surface area (Å²) in [5.41, 5.74) is 0. The van der Waals surface area contributed by atoms with Crippen molar-refractivity contribution < 1.29 is 15.0 Å². The van der Waals surface area contributed by atoms with Crippen LogP contribution in [0.2, 0.25) is 0 Å². The molecule has 2 unspecified atom stereocenters. The number of aliphatic hydroxyl groups excluding tert-OH is 2. The van der Waals surface area contributed by atoms with Crippen LogP contribution in [0.4, 0.5) is 0 Å². The summed E-state index contributed by atoms with van der Waals surface area (Å²) < 4.78 is 0. The fraction of sp³-hybridized carbons (Fsp3) is 0.870. The summed E-state index contributed by atoms with van der Waals surface area (Å²) in [6.45, 7) is 4.34. The van der Waals surface area contributed by atoms with Crippen molar-refractivity contribution in [2.75, 3.05) is 6.61 Å². The first kappa shape index (κ1) is 71.3. The molecule has 0 aliphatic carbocycles. The fourth-order valence-corrected chi connectivity index (χ4v) is 10.5. The van der Waals surface area contributed by atoms with Gasteiger partial charge in [0.25, 0.3) is 0 Å². The van der Waals surface area contributed by atoms with Crippen molar-refractivity contribution in [1.82, 2.24) is 5.32 Å². The molecule has 1 amide bonds. The summed E-state index contributed by atoms with van der Waals surface area (Å²) in [4.78, 5) is 12.5. The highest BCUT2D eigenvalue weighted by Crippen LogP contribution is 2.18. The third-order valence-corrected chi connectivity index (χ3v) is 15.6. The van der Waals surface area contributed by atoms with E-state index in [-0.39, 0.29) is 12.5 Å². The summed E-state index contributed by atoms with van der Waals surface area (Å²) in [6.07, 6.45) is 90.4. The number of amides is 1. The lowest BCUT2D eigenvalue weighted by molar-refractivity contribution is -0.123. The monoisotopic (exact) mass is 1020 g/mol. The van der Waals surface area contributed by atoms with Crippen molar-refractivity contribution in [3.05, 3.63) is 48.6 Å². The smallest absolute Gasteiger partial charge is 0.220 e. The summed E-state index contributed by atoms with van der Waals surface area (Å²) in [7, 11) is 0.